The Bertz CT molecular complexity index is 963. The number of benzene rings is 2. The van der Waals surface area contributed by atoms with E-state index in [1.807, 2.05) is 59.3 Å². The van der Waals surface area contributed by atoms with E-state index < -0.39 is 0 Å². The number of hydrogen-bond acceptors (Lipinski definition) is 3. The van der Waals surface area contributed by atoms with Crippen LogP contribution in [0.5, 0.6) is 0 Å². The minimum atomic E-state index is -0.104. The zero-order valence-corrected chi connectivity index (χ0v) is 14.9. The van der Waals surface area contributed by atoms with Gasteiger partial charge in [-0.05, 0) is 34.6 Å². The van der Waals surface area contributed by atoms with Gasteiger partial charge in [-0.25, -0.2) is 0 Å². The lowest BCUT2D eigenvalue weighted by atomic mass is 9.98. The predicted octanol–water partition coefficient (Wildman–Crippen LogP) is 3.63. The summed E-state index contributed by atoms with van der Waals surface area (Å²) < 4.78 is 0. The van der Waals surface area contributed by atoms with Crippen LogP contribution in [0.15, 0.2) is 59.3 Å². The molecule has 1 aliphatic heterocycles. The molecule has 0 unspecified atom stereocenters. The average molecular weight is 362 g/mol. The molecule has 4 nitrogen and oxygen atoms in total. The van der Waals surface area contributed by atoms with Crippen LogP contribution in [0.3, 0.4) is 0 Å². The van der Waals surface area contributed by atoms with Crippen molar-refractivity contribution in [1.29, 1.82) is 0 Å². The van der Waals surface area contributed by atoms with Gasteiger partial charge in [-0.3, -0.25) is 9.59 Å². The summed E-state index contributed by atoms with van der Waals surface area (Å²) in [4.78, 5) is 24.6. The van der Waals surface area contributed by atoms with E-state index in [1.165, 1.54) is 11.3 Å². The molecule has 0 bridgehead atoms. The van der Waals surface area contributed by atoms with Gasteiger partial charge < -0.3 is 10.6 Å². The molecule has 4 rings (SSSR count). The number of carbonyl (C=O) groups excluding carboxylic acids is 2. The standard InChI is InChI=1S/C21H18N2O2S/c24-20-17-10-14(6-7-16(17)8-9-22-20)11-23-21(25)19-13-26-12-18(19)15-4-2-1-3-5-15/h1-7,10,12-13H,8-9,11H2,(H,22,24)(H,23,25). The second kappa shape index (κ2) is 7.14. The largest absolute Gasteiger partial charge is 0.352 e. The van der Waals surface area contributed by atoms with E-state index in [9.17, 15) is 9.59 Å². The molecule has 2 N–H and O–H groups in total. The third-order valence-corrected chi connectivity index (χ3v) is 5.29. The maximum atomic E-state index is 12.6. The topological polar surface area (TPSA) is 58.2 Å². The van der Waals surface area contributed by atoms with Crippen LogP contribution in [0, 0.1) is 0 Å². The van der Waals surface area contributed by atoms with Gasteiger partial charge in [-0.15, -0.1) is 0 Å². The number of hydrogen-bond donors (Lipinski definition) is 2. The third-order valence-electron chi connectivity index (χ3n) is 4.54. The van der Waals surface area contributed by atoms with E-state index >= 15 is 0 Å². The number of thiophene rings is 1. The number of fused-ring (bicyclic) bond motifs is 1. The van der Waals surface area contributed by atoms with Crippen molar-refractivity contribution in [1.82, 2.24) is 10.6 Å². The van der Waals surface area contributed by atoms with Crippen LogP contribution in [-0.4, -0.2) is 18.4 Å². The Morgan fingerprint density at radius 2 is 1.92 bits per heavy atom. The Balaban J connectivity index is 1.50. The zero-order chi connectivity index (χ0) is 17.9. The summed E-state index contributed by atoms with van der Waals surface area (Å²) in [6, 6.07) is 15.7. The molecule has 1 aliphatic rings. The first-order chi connectivity index (χ1) is 12.7. The smallest absolute Gasteiger partial charge is 0.253 e. The molecule has 2 heterocycles. The lowest BCUT2D eigenvalue weighted by Gasteiger charge is -2.17. The van der Waals surface area contributed by atoms with Crippen molar-refractivity contribution in [2.75, 3.05) is 6.54 Å². The van der Waals surface area contributed by atoms with E-state index in [0.29, 0.717) is 24.2 Å². The average Bonchev–Trinajstić information content (AvgIpc) is 3.17. The Kier molecular flexibility index (Phi) is 4.54. The Labute approximate surface area is 155 Å². The molecular formula is C21H18N2O2S. The minimum absolute atomic E-state index is 0.0383. The van der Waals surface area contributed by atoms with Crippen molar-refractivity contribution in [2.45, 2.75) is 13.0 Å². The molecule has 5 heteroatoms. The van der Waals surface area contributed by atoms with Crippen molar-refractivity contribution in [3.05, 3.63) is 81.5 Å². The van der Waals surface area contributed by atoms with Gasteiger partial charge in [-0.2, -0.15) is 11.3 Å². The van der Waals surface area contributed by atoms with Gasteiger partial charge in [0, 0.05) is 29.6 Å². The van der Waals surface area contributed by atoms with Crippen molar-refractivity contribution in [2.24, 2.45) is 0 Å². The first-order valence-corrected chi connectivity index (χ1v) is 9.46. The van der Waals surface area contributed by atoms with Crippen molar-refractivity contribution < 1.29 is 9.59 Å². The number of rotatable bonds is 4. The van der Waals surface area contributed by atoms with Crippen LogP contribution in [0.25, 0.3) is 11.1 Å². The lowest BCUT2D eigenvalue weighted by molar-refractivity contribution is 0.0942. The minimum Gasteiger partial charge on any atom is -0.352 e. The highest BCUT2D eigenvalue weighted by atomic mass is 32.1. The number of nitrogens with one attached hydrogen (secondary N) is 2. The monoisotopic (exact) mass is 362 g/mol. The lowest BCUT2D eigenvalue weighted by Crippen LogP contribution is -2.32. The SMILES string of the molecule is O=C1NCCc2ccc(CNC(=O)c3cscc3-c3ccccc3)cc21. The fraction of sp³-hybridized carbons (Fsp3) is 0.143. The van der Waals surface area contributed by atoms with E-state index in [4.69, 9.17) is 0 Å². The van der Waals surface area contributed by atoms with Gasteiger partial charge in [0.05, 0.1) is 5.56 Å². The summed E-state index contributed by atoms with van der Waals surface area (Å²) in [6.45, 7) is 1.08. The highest BCUT2D eigenvalue weighted by molar-refractivity contribution is 7.08. The molecule has 26 heavy (non-hydrogen) atoms. The first-order valence-electron chi connectivity index (χ1n) is 8.52. The molecule has 0 saturated carbocycles. The molecule has 0 spiro atoms. The molecule has 0 fully saturated rings. The molecule has 1 aromatic heterocycles. The zero-order valence-electron chi connectivity index (χ0n) is 14.1. The van der Waals surface area contributed by atoms with E-state index in [0.717, 1.165) is 28.7 Å². The van der Waals surface area contributed by atoms with Gasteiger partial charge in [0.15, 0.2) is 0 Å². The normalized spacial score (nSPS) is 13.0. The molecule has 2 amide bonds. The Morgan fingerprint density at radius 3 is 2.77 bits per heavy atom. The van der Waals surface area contributed by atoms with Gasteiger partial charge in [0.2, 0.25) is 0 Å². The fourth-order valence-electron chi connectivity index (χ4n) is 3.16. The van der Waals surface area contributed by atoms with Gasteiger partial charge in [0.25, 0.3) is 11.8 Å². The van der Waals surface area contributed by atoms with E-state index in [2.05, 4.69) is 10.6 Å². The molecule has 0 saturated heterocycles. The molecular weight excluding hydrogens is 344 g/mol. The highest BCUT2D eigenvalue weighted by Gasteiger charge is 2.17. The second-order valence-corrected chi connectivity index (χ2v) is 6.99. The van der Waals surface area contributed by atoms with Crippen LogP contribution in [0.1, 0.15) is 31.8 Å². The van der Waals surface area contributed by atoms with Gasteiger partial charge >= 0.3 is 0 Å². The van der Waals surface area contributed by atoms with Crippen LogP contribution in [0.2, 0.25) is 0 Å². The van der Waals surface area contributed by atoms with Crippen molar-refractivity contribution >= 4 is 23.2 Å². The molecule has 3 aromatic rings. The molecule has 130 valence electrons. The summed E-state index contributed by atoms with van der Waals surface area (Å²) in [7, 11) is 0. The molecule has 2 aromatic carbocycles. The van der Waals surface area contributed by atoms with Crippen LogP contribution in [0.4, 0.5) is 0 Å². The number of carbonyl (C=O) groups is 2. The summed E-state index contributed by atoms with van der Waals surface area (Å²) in [5, 5.41) is 9.69. The Hall–Kier alpha value is -2.92. The van der Waals surface area contributed by atoms with E-state index in [1.54, 1.807) is 0 Å². The molecule has 0 radical (unpaired) electrons. The maximum absolute atomic E-state index is 12.6. The van der Waals surface area contributed by atoms with Crippen LogP contribution >= 0.6 is 11.3 Å². The van der Waals surface area contributed by atoms with Crippen LogP contribution in [-0.2, 0) is 13.0 Å². The maximum Gasteiger partial charge on any atom is 0.253 e. The first kappa shape index (κ1) is 16.5. The predicted molar refractivity (Wildman–Crippen MR) is 103 cm³/mol. The van der Waals surface area contributed by atoms with Crippen molar-refractivity contribution in [3.63, 3.8) is 0 Å². The number of amides is 2. The van der Waals surface area contributed by atoms with Gasteiger partial charge in [-0.1, -0.05) is 42.5 Å². The summed E-state index contributed by atoms with van der Waals surface area (Å²) in [6.07, 6.45) is 0.850. The van der Waals surface area contributed by atoms with Gasteiger partial charge in [0.1, 0.15) is 0 Å². The molecule has 0 aliphatic carbocycles. The summed E-state index contributed by atoms with van der Waals surface area (Å²) >= 11 is 1.52. The summed E-state index contributed by atoms with van der Waals surface area (Å²) in [5.74, 6) is -0.143. The Morgan fingerprint density at radius 1 is 1.08 bits per heavy atom. The van der Waals surface area contributed by atoms with Crippen LogP contribution < -0.4 is 10.6 Å². The van der Waals surface area contributed by atoms with E-state index in [-0.39, 0.29) is 11.8 Å². The molecule has 0 atom stereocenters. The fourth-order valence-corrected chi connectivity index (χ4v) is 4.00. The quantitative estimate of drug-likeness (QED) is 0.745. The summed E-state index contributed by atoms with van der Waals surface area (Å²) in [5.41, 5.74) is 5.35. The second-order valence-electron chi connectivity index (χ2n) is 6.25. The third kappa shape index (κ3) is 3.26. The highest BCUT2D eigenvalue weighted by Crippen LogP contribution is 2.27. The van der Waals surface area contributed by atoms with Crippen molar-refractivity contribution in [3.8, 4) is 11.1 Å².